The molecule has 0 aliphatic carbocycles. The van der Waals surface area contributed by atoms with Crippen LogP contribution in [0.4, 0.5) is 0 Å². The third-order valence-corrected chi connectivity index (χ3v) is 2.65. The Balaban J connectivity index is 2.48. The predicted molar refractivity (Wildman–Crippen MR) is 54.3 cm³/mol. The maximum Gasteiger partial charge on any atom is 0.0190 e. The van der Waals surface area contributed by atoms with Crippen molar-refractivity contribution in [1.82, 2.24) is 5.32 Å². The Labute approximate surface area is 76.2 Å². The molecule has 70 valence electrons. The van der Waals surface area contributed by atoms with Gasteiger partial charge in [0.25, 0.3) is 0 Å². The highest BCUT2D eigenvalue weighted by Crippen LogP contribution is 2.24. The van der Waals surface area contributed by atoms with E-state index in [1.165, 1.54) is 37.8 Å². The summed E-state index contributed by atoms with van der Waals surface area (Å²) in [7, 11) is 0. The van der Waals surface area contributed by atoms with Crippen LogP contribution < -0.4 is 5.32 Å². The first-order chi connectivity index (χ1) is 5.62. The first-order valence-corrected chi connectivity index (χ1v) is 5.02. The molecule has 1 heteroatoms. The molecule has 12 heavy (non-hydrogen) atoms. The Morgan fingerprint density at radius 1 is 1.42 bits per heavy atom. The summed E-state index contributed by atoms with van der Waals surface area (Å²) in [5.41, 5.74) is 1.63. The van der Waals surface area contributed by atoms with Gasteiger partial charge in [-0.25, -0.2) is 0 Å². The van der Waals surface area contributed by atoms with Crippen LogP contribution in [-0.4, -0.2) is 12.1 Å². The van der Waals surface area contributed by atoms with Crippen LogP contribution in [-0.2, 0) is 0 Å². The van der Waals surface area contributed by atoms with Gasteiger partial charge in [0.05, 0.1) is 0 Å². The highest BCUT2D eigenvalue weighted by Gasteiger charge is 2.24. The van der Waals surface area contributed by atoms with Crippen LogP contribution in [0, 0.1) is 0 Å². The van der Waals surface area contributed by atoms with Gasteiger partial charge in [0.15, 0.2) is 0 Å². The monoisotopic (exact) mass is 167 g/mol. The maximum absolute atomic E-state index is 3.99. The van der Waals surface area contributed by atoms with Crippen LogP contribution in [0.25, 0.3) is 0 Å². The van der Waals surface area contributed by atoms with Gasteiger partial charge in [-0.2, -0.15) is 0 Å². The SMILES string of the molecule is C=C(C)CC1(C)CCCCCN1. The van der Waals surface area contributed by atoms with Gasteiger partial charge in [0.2, 0.25) is 0 Å². The minimum Gasteiger partial charge on any atom is -0.311 e. The van der Waals surface area contributed by atoms with Gasteiger partial charge in [-0.15, -0.1) is 6.58 Å². The third-order valence-electron chi connectivity index (χ3n) is 2.65. The minimum absolute atomic E-state index is 0.336. The van der Waals surface area contributed by atoms with Crippen LogP contribution in [0.1, 0.15) is 46.0 Å². The molecular formula is C11H21N. The Hall–Kier alpha value is -0.300. The minimum atomic E-state index is 0.336. The lowest BCUT2D eigenvalue weighted by Crippen LogP contribution is -2.41. The van der Waals surface area contributed by atoms with Crippen LogP contribution in [0.15, 0.2) is 12.2 Å². The summed E-state index contributed by atoms with van der Waals surface area (Å²) in [6.07, 6.45) is 6.54. The van der Waals surface area contributed by atoms with Crippen molar-refractivity contribution in [2.75, 3.05) is 6.54 Å². The van der Waals surface area contributed by atoms with Crippen molar-refractivity contribution in [3.8, 4) is 0 Å². The highest BCUT2D eigenvalue weighted by molar-refractivity contribution is 5.00. The second-order valence-corrected chi connectivity index (χ2v) is 4.43. The van der Waals surface area contributed by atoms with E-state index in [0.29, 0.717) is 5.54 Å². The van der Waals surface area contributed by atoms with Crippen molar-refractivity contribution in [3.05, 3.63) is 12.2 Å². The van der Waals surface area contributed by atoms with Gasteiger partial charge in [-0.05, 0) is 39.7 Å². The van der Waals surface area contributed by atoms with E-state index >= 15 is 0 Å². The van der Waals surface area contributed by atoms with E-state index in [1.807, 2.05) is 0 Å². The summed E-state index contributed by atoms with van der Waals surface area (Å²) >= 11 is 0. The summed E-state index contributed by atoms with van der Waals surface area (Å²) in [4.78, 5) is 0. The van der Waals surface area contributed by atoms with Crippen molar-refractivity contribution in [1.29, 1.82) is 0 Å². The van der Waals surface area contributed by atoms with Gasteiger partial charge in [-0.1, -0.05) is 18.4 Å². The average Bonchev–Trinajstić information content (AvgIpc) is 2.12. The fraction of sp³-hybridized carbons (Fsp3) is 0.818. The summed E-state index contributed by atoms with van der Waals surface area (Å²) < 4.78 is 0. The molecule has 1 saturated heterocycles. The van der Waals surface area contributed by atoms with Gasteiger partial charge in [0.1, 0.15) is 0 Å². The molecule has 0 amide bonds. The van der Waals surface area contributed by atoms with Crippen molar-refractivity contribution in [2.24, 2.45) is 0 Å². The lowest BCUT2D eigenvalue weighted by molar-refractivity contribution is 0.345. The van der Waals surface area contributed by atoms with E-state index in [0.717, 1.165) is 6.42 Å². The third kappa shape index (κ3) is 2.98. The van der Waals surface area contributed by atoms with Crippen LogP contribution in [0.3, 0.4) is 0 Å². The molecule has 0 radical (unpaired) electrons. The summed E-state index contributed by atoms with van der Waals surface area (Å²) in [6.45, 7) is 9.62. The second-order valence-electron chi connectivity index (χ2n) is 4.43. The molecule has 0 aromatic heterocycles. The number of hydrogen-bond acceptors (Lipinski definition) is 1. The van der Waals surface area contributed by atoms with Crippen molar-refractivity contribution >= 4 is 0 Å². The van der Waals surface area contributed by atoms with Crippen LogP contribution in [0.5, 0.6) is 0 Å². The first kappa shape index (κ1) is 9.79. The topological polar surface area (TPSA) is 12.0 Å². The molecule has 1 rings (SSSR count). The standard InChI is InChI=1S/C11H21N/c1-10(2)9-11(3)7-5-4-6-8-12-11/h12H,1,4-9H2,2-3H3. The Morgan fingerprint density at radius 2 is 2.17 bits per heavy atom. The molecule has 0 bridgehead atoms. The van der Waals surface area contributed by atoms with Crippen molar-refractivity contribution in [2.45, 2.75) is 51.5 Å². The quantitative estimate of drug-likeness (QED) is 0.624. The van der Waals surface area contributed by atoms with Gasteiger partial charge < -0.3 is 5.32 Å². The average molecular weight is 167 g/mol. The summed E-state index contributed by atoms with van der Waals surface area (Å²) in [6, 6.07) is 0. The summed E-state index contributed by atoms with van der Waals surface area (Å²) in [5, 5.41) is 3.63. The second kappa shape index (κ2) is 4.08. The molecule has 1 heterocycles. The maximum atomic E-state index is 3.99. The molecule has 1 N–H and O–H groups in total. The highest BCUT2D eigenvalue weighted by atomic mass is 15.0. The molecule has 1 nitrogen and oxygen atoms in total. The molecule has 1 atom stereocenters. The molecule has 0 aromatic carbocycles. The van der Waals surface area contributed by atoms with E-state index in [9.17, 15) is 0 Å². The van der Waals surface area contributed by atoms with Crippen LogP contribution in [0.2, 0.25) is 0 Å². The number of rotatable bonds is 2. The molecule has 1 unspecified atom stereocenters. The van der Waals surface area contributed by atoms with E-state index in [-0.39, 0.29) is 0 Å². The summed E-state index contributed by atoms with van der Waals surface area (Å²) in [5.74, 6) is 0. The largest absolute Gasteiger partial charge is 0.311 e. The zero-order chi connectivity index (χ0) is 9.03. The van der Waals surface area contributed by atoms with Gasteiger partial charge in [0, 0.05) is 5.54 Å². The predicted octanol–water partition coefficient (Wildman–Crippen LogP) is 2.87. The number of hydrogen-bond donors (Lipinski definition) is 1. The molecule has 0 spiro atoms. The lowest BCUT2D eigenvalue weighted by atomic mass is 9.89. The Bertz CT molecular complexity index is 152. The molecule has 1 aliphatic heterocycles. The molecule has 1 aliphatic rings. The zero-order valence-corrected chi connectivity index (χ0v) is 8.45. The fourth-order valence-electron chi connectivity index (χ4n) is 2.11. The first-order valence-electron chi connectivity index (χ1n) is 5.02. The van der Waals surface area contributed by atoms with E-state index in [4.69, 9.17) is 0 Å². The van der Waals surface area contributed by atoms with Gasteiger partial charge in [-0.3, -0.25) is 0 Å². The molecule has 1 fully saturated rings. The van der Waals surface area contributed by atoms with E-state index in [1.54, 1.807) is 0 Å². The van der Waals surface area contributed by atoms with E-state index < -0.39 is 0 Å². The molecule has 0 saturated carbocycles. The van der Waals surface area contributed by atoms with E-state index in [2.05, 4.69) is 25.7 Å². The molecular weight excluding hydrogens is 146 g/mol. The fourth-order valence-corrected chi connectivity index (χ4v) is 2.11. The van der Waals surface area contributed by atoms with Crippen LogP contribution >= 0.6 is 0 Å². The normalized spacial score (nSPS) is 31.2. The smallest absolute Gasteiger partial charge is 0.0190 e. The lowest BCUT2D eigenvalue weighted by Gasteiger charge is -2.29. The van der Waals surface area contributed by atoms with Crippen molar-refractivity contribution in [3.63, 3.8) is 0 Å². The van der Waals surface area contributed by atoms with Crippen molar-refractivity contribution < 1.29 is 0 Å². The molecule has 0 aromatic rings. The van der Waals surface area contributed by atoms with Gasteiger partial charge >= 0.3 is 0 Å². The Kier molecular flexibility index (Phi) is 3.33. The Morgan fingerprint density at radius 3 is 2.83 bits per heavy atom. The number of nitrogens with one attached hydrogen (secondary N) is 1. The zero-order valence-electron chi connectivity index (χ0n) is 8.45.